The maximum Gasteiger partial charge on any atom is 0.335 e. The maximum atomic E-state index is 12.1. The molecule has 4 heterocycles. The third-order valence-electron chi connectivity index (χ3n) is 8.13. The Morgan fingerprint density at radius 1 is 0.533 bits per heavy atom. The summed E-state index contributed by atoms with van der Waals surface area (Å²) in [4.78, 5) is 12.1. The number of rotatable bonds is 9. The molecule has 4 aliphatic heterocycles. The first-order chi connectivity index (χ1) is 21.1. The van der Waals surface area contributed by atoms with E-state index in [2.05, 4.69) is 0 Å². The fourth-order valence-corrected chi connectivity index (χ4v) is 5.46. The molecule has 0 radical (unpaired) electrons. The van der Waals surface area contributed by atoms with Crippen LogP contribution >= 0.6 is 0 Å². The molecule has 4 fully saturated rings. The average Bonchev–Trinajstić information content (AvgIpc) is 3.01. The molecular formula is C24H40O21. The molecule has 0 amide bonds. The summed E-state index contributed by atoms with van der Waals surface area (Å²) in [5.74, 6) is -1.79. The normalized spacial score (nSPS) is 52.8. The van der Waals surface area contributed by atoms with E-state index in [4.69, 9.17) is 33.2 Å². The van der Waals surface area contributed by atoms with Gasteiger partial charge >= 0.3 is 5.97 Å². The Kier molecular flexibility index (Phi) is 12.1. The Labute approximate surface area is 253 Å². The number of aliphatic carboxylic acids is 1. The van der Waals surface area contributed by atoms with Crippen LogP contribution in [-0.2, 0) is 38.0 Å². The molecule has 13 N–H and O–H groups in total. The minimum absolute atomic E-state index is 0.867. The smallest absolute Gasteiger partial charge is 0.335 e. The molecule has 0 aromatic rings. The summed E-state index contributed by atoms with van der Waals surface area (Å²) in [5.41, 5.74) is 0. The van der Waals surface area contributed by atoms with Crippen LogP contribution in [-0.4, -0.2) is 208 Å². The summed E-state index contributed by atoms with van der Waals surface area (Å²) in [6, 6.07) is 0. The van der Waals surface area contributed by atoms with Gasteiger partial charge in [-0.1, -0.05) is 0 Å². The van der Waals surface area contributed by atoms with Crippen molar-refractivity contribution in [2.45, 2.75) is 130 Å². The van der Waals surface area contributed by atoms with E-state index in [0.29, 0.717) is 0 Å². The minimum Gasteiger partial charge on any atom is -0.479 e. The molecule has 4 rings (SSSR count). The lowest BCUT2D eigenvalue weighted by Crippen LogP contribution is -2.67. The summed E-state index contributed by atoms with van der Waals surface area (Å²) in [6.07, 6.45) is -36.6. The van der Waals surface area contributed by atoms with Gasteiger partial charge in [-0.3, -0.25) is 0 Å². The first kappa shape index (κ1) is 36.5. The van der Waals surface area contributed by atoms with Crippen LogP contribution < -0.4 is 0 Å². The first-order valence-electron chi connectivity index (χ1n) is 14.0. The van der Waals surface area contributed by atoms with Gasteiger partial charge < -0.3 is 99.5 Å². The van der Waals surface area contributed by atoms with Crippen molar-refractivity contribution in [3.05, 3.63) is 0 Å². The van der Waals surface area contributed by atoms with Crippen LogP contribution in [0.15, 0.2) is 0 Å². The maximum absolute atomic E-state index is 12.1. The lowest BCUT2D eigenvalue weighted by molar-refractivity contribution is -0.383. The van der Waals surface area contributed by atoms with E-state index in [9.17, 15) is 71.2 Å². The van der Waals surface area contributed by atoms with Gasteiger partial charge in [-0.2, -0.15) is 0 Å². The van der Waals surface area contributed by atoms with E-state index >= 15 is 0 Å². The zero-order valence-electron chi connectivity index (χ0n) is 23.5. The molecule has 0 unspecified atom stereocenters. The van der Waals surface area contributed by atoms with Crippen molar-refractivity contribution < 1.29 is 104 Å². The molecule has 45 heavy (non-hydrogen) atoms. The molecule has 21 nitrogen and oxygen atoms in total. The number of aliphatic hydroxyl groups excluding tert-OH is 12. The van der Waals surface area contributed by atoms with Crippen LogP contribution in [0, 0.1) is 0 Å². The van der Waals surface area contributed by atoms with E-state index in [1.165, 1.54) is 6.92 Å². The zero-order valence-corrected chi connectivity index (χ0v) is 23.5. The molecule has 0 spiro atoms. The van der Waals surface area contributed by atoms with Crippen LogP contribution in [0.1, 0.15) is 6.92 Å². The molecule has 4 saturated heterocycles. The summed E-state index contributed by atoms with van der Waals surface area (Å²) >= 11 is 0. The van der Waals surface area contributed by atoms with Crippen LogP contribution in [0.4, 0.5) is 0 Å². The molecule has 0 aromatic carbocycles. The lowest BCUT2D eigenvalue weighted by Gasteiger charge is -2.48. The van der Waals surface area contributed by atoms with Crippen molar-refractivity contribution in [1.82, 2.24) is 0 Å². The van der Waals surface area contributed by atoms with Crippen LogP contribution in [0.2, 0.25) is 0 Å². The molecule has 0 saturated carbocycles. The molecular weight excluding hydrogens is 624 g/mol. The number of ether oxygens (including phenoxy) is 7. The van der Waals surface area contributed by atoms with E-state index < -0.39 is 142 Å². The standard InChI is InChI=1S/C24H40O21/c1-4-7(27)8(28)13(33)22(39-4)42-17-6(3-26)41-23(14(34)10(17)30)44-18-11(31)15(35)24(45-19(18)20(36)37)43-16-5(2-25)40-21(38)12(32)9(16)29/h4-19,21-35,38H,2-3H2,1H3,(H,36,37)/t4-,5+,6+,7-,8+,9+,10+,11+,12+,13+,14+,15+,16+,17+,18-,19-,21+,22-,23-,24+/m0/s1. The van der Waals surface area contributed by atoms with Gasteiger partial charge in [0.1, 0.15) is 85.5 Å². The molecule has 20 atom stereocenters. The van der Waals surface area contributed by atoms with Gasteiger partial charge in [0, 0.05) is 0 Å². The molecule has 0 aliphatic carbocycles. The van der Waals surface area contributed by atoms with Gasteiger partial charge in [-0.25, -0.2) is 4.79 Å². The highest BCUT2D eigenvalue weighted by Crippen LogP contribution is 2.34. The molecule has 0 bridgehead atoms. The van der Waals surface area contributed by atoms with Crippen LogP contribution in [0.25, 0.3) is 0 Å². The molecule has 4 aliphatic rings. The van der Waals surface area contributed by atoms with Gasteiger partial charge in [0.2, 0.25) is 0 Å². The third kappa shape index (κ3) is 7.26. The molecule has 262 valence electrons. The second kappa shape index (κ2) is 14.9. The Morgan fingerprint density at radius 2 is 0.956 bits per heavy atom. The van der Waals surface area contributed by atoms with Crippen molar-refractivity contribution in [3.8, 4) is 0 Å². The largest absolute Gasteiger partial charge is 0.479 e. The van der Waals surface area contributed by atoms with Gasteiger partial charge in [-0.15, -0.1) is 0 Å². The number of carboxylic acid groups (broad SMARTS) is 1. The number of aliphatic hydroxyl groups is 12. The van der Waals surface area contributed by atoms with Gasteiger partial charge in [0.15, 0.2) is 31.3 Å². The van der Waals surface area contributed by atoms with Crippen LogP contribution in [0.5, 0.6) is 0 Å². The highest BCUT2D eigenvalue weighted by molar-refractivity contribution is 5.73. The average molecular weight is 665 g/mol. The van der Waals surface area contributed by atoms with Gasteiger partial charge in [0.25, 0.3) is 0 Å². The quantitative estimate of drug-likeness (QED) is 0.109. The Bertz CT molecular complexity index is 971. The third-order valence-corrected chi connectivity index (χ3v) is 8.13. The molecule has 21 heteroatoms. The number of carboxylic acids is 1. The predicted octanol–water partition coefficient (Wildman–Crippen LogP) is -8.63. The van der Waals surface area contributed by atoms with E-state index in [1.54, 1.807) is 0 Å². The zero-order chi connectivity index (χ0) is 33.5. The van der Waals surface area contributed by atoms with Crippen molar-refractivity contribution in [2.75, 3.05) is 13.2 Å². The van der Waals surface area contributed by atoms with Crippen molar-refractivity contribution >= 4 is 5.97 Å². The highest BCUT2D eigenvalue weighted by atomic mass is 16.8. The summed E-state index contributed by atoms with van der Waals surface area (Å²) in [5, 5.41) is 132. The summed E-state index contributed by atoms with van der Waals surface area (Å²) in [6.45, 7) is -0.425. The lowest BCUT2D eigenvalue weighted by atomic mass is 9.95. The fraction of sp³-hybridized carbons (Fsp3) is 0.958. The van der Waals surface area contributed by atoms with Gasteiger partial charge in [0.05, 0.1) is 19.3 Å². The first-order valence-corrected chi connectivity index (χ1v) is 14.0. The molecule has 0 aromatic heterocycles. The monoisotopic (exact) mass is 664 g/mol. The second-order valence-corrected chi connectivity index (χ2v) is 11.2. The van der Waals surface area contributed by atoms with Crippen molar-refractivity contribution in [2.24, 2.45) is 0 Å². The number of hydrogen-bond donors (Lipinski definition) is 13. The predicted molar refractivity (Wildman–Crippen MR) is 133 cm³/mol. The second-order valence-electron chi connectivity index (χ2n) is 11.2. The summed E-state index contributed by atoms with van der Waals surface area (Å²) < 4.78 is 37.2. The summed E-state index contributed by atoms with van der Waals surface area (Å²) in [7, 11) is 0. The highest BCUT2D eigenvalue weighted by Gasteiger charge is 2.56. The SMILES string of the molecule is C[C@@H]1O[C@@H](O[C@H]2[C@H](O)[C@@H](O)[C@H](O[C@H]3[C@H](O)[C@@H](O)[C@H](O[C@H]4[C@H](O)[C@@H](O)[C@H](O)O[C@@H]4CO)O[C@@H]3C(=O)O)O[C@@H]2CO)[C@H](O)[C@H](O)[C@H]1O. The number of hydrogen-bond acceptors (Lipinski definition) is 20. The van der Waals surface area contributed by atoms with E-state index in [0.717, 1.165) is 0 Å². The van der Waals surface area contributed by atoms with E-state index in [-0.39, 0.29) is 0 Å². The van der Waals surface area contributed by atoms with Crippen molar-refractivity contribution in [1.29, 1.82) is 0 Å². The van der Waals surface area contributed by atoms with E-state index in [1.807, 2.05) is 0 Å². The Balaban J connectivity index is 1.46. The van der Waals surface area contributed by atoms with Crippen LogP contribution in [0.3, 0.4) is 0 Å². The number of carbonyl (C=O) groups is 1. The Morgan fingerprint density at radius 3 is 1.49 bits per heavy atom. The fourth-order valence-electron chi connectivity index (χ4n) is 5.46. The Hall–Kier alpha value is -1.29. The van der Waals surface area contributed by atoms with Gasteiger partial charge in [-0.05, 0) is 6.92 Å². The van der Waals surface area contributed by atoms with Crippen molar-refractivity contribution in [3.63, 3.8) is 0 Å². The minimum atomic E-state index is -2.19. The topological polar surface area (TPSA) is 345 Å².